The topological polar surface area (TPSA) is 0 Å². The zero-order valence-electron chi connectivity index (χ0n) is 19.7. The molecule has 0 fully saturated rings. The van der Waals surface area contributed by atoms with Crippen molar-refractivity contribution in [3.63, 3.8) is 0 Å². The van der Waals surface area contributed by atoms with E-state index in [0.29, 0.717) is 0 Å². The highest BCUT2D eigenvalue weighted by atomic mass is 14.1. The lowest BCUT2D eigenvalue weighted by atomic mass is 9.95. The minimum atomic E-state index is 0.971. The second kappa shape index (κ2) is 27.2. The molecular formula is C26H56. The van der Waals surface area contributed by atoms with Crippen molar-refractivity contribution in [2.24, 2.45) is 5.92 Å². The quantitative estimate of drug-likeness (QED) is 0.187. The van der Waals surface area contributed by atoms with Gasteiger partial charge >= 0.3 is 0 Å². The van der Waals surface area contributed by atoms with Crippen LogP contribution in [0.25, 0.3) is 0 Å². The van der Waals surface area contributed by atoms with Crippen LogP contribution in [0.2, 0.25) is 0 Å². The summed E-state index contributed by atoms with van der Waals surface area (Å²) in [5, 5.41) is 0. The van der Waals surface area contributed by atoms with Crippen LogP contribution in [0.5, 0.6) is 0 Å². The molecular weight excluding hydrogens is 312 g/mol. The van der Waals surface area contributed by atoms with Crippen molar-refractivity contribution < 1.29 is 0 Å². The molecule has 0 nitrogen and oxygen atoms in total. The van der Waals surface area contributed by atoms with E-state index in [0.717, 1.165) is 5.92 Å². The highest BCUT2D eigenvalue weighted by molar-refractivity contribution is 4.56. The first-order valence-electron chi connectivity index (χ1n) is 12.8. The van der Waals surface area contributed by atoms with Gasteiger partial charge in [0.15, 0.2) is 0 Å². The third kappa shape index (κ3) is 26.2. The molecule has 0 heteroatoms. The Morgan fingerprint density at radius 3 is 0.885 bits per heavy atom. The molecule has 0 amide bonds. The van der Waals surface area contributed by atoms with Crippen molar-refractivity contribution in [2.45, 2.75) is 163 Å². The molecule has 0 atom stereocenters. The van der Waals surface area contributed by atoms with E-state index in [2.05, 4.69) is 20.8 Å². The van der Waals surface area contributed by atoms with Gasteiger partial charge in [-0.1, -0.05) is 163 Å². The zero-order chi connectivity index (χ0) is 19.7. The van der Waals surface area contributed by atoms with E-state index in [4.69, 9.17) is 0 Å². The Labute approximate surface area is 169 Å². The van der Waals surface area contributed by atoms with E-state index < -0.39 is 0 Å². The van der Waals surface area contributed by atoms with Gasteiger partial charge in [-0.2, -0.15) is 0 Å². The van der Waals surface area contributed by atoms with Gasteiger partial charge in [0.2, 0.25) is 0 Å². The van der Waals surface area contributed by atoms with E-state index in [1.807, 2.05) is 13.8 Å². The van der Waals surface area contributed by atoms with Crippen LogP contribution in [0.15, 0.2) is 0 Å². The summed E-state index contributed by atoms with van der Waals surface area (Å²) >= 11 is 0. The molecule has 0 heterocycles. The predicted molar refractivity (Wildman–Crippen MR) is 124 cm³/mol. The van der Waals surface area contributed by atoms with Gasteiger partial charge in [0, 0.05) is 0 Å². The van der Waals surface area contributed by atoms with Gasteiger partial charge in [-0.05, 0) is 5.92 Å². The molecule has 0 saturated heterocycles. The van der Waals surface area contributed by atoms with Crippen molar-refractivity contribution in [3.05, 3.63) is 0 Å². The Morgan fingerprint density at radius 2 is 0.615 bits per heavy atom. The van der Waals surface area contributed by atoms with Gasteiger partial charge in [0.25, 0.3) is 0 Å². The van der Waals surface area contributed by atoms with Crippen LogP contribution in [0.1, 0.15) is 163 Å². The SMILES string of the molecule is CC.CCCCCCCCCCCC(C)CCCCCCCCCCC. The standard InChI is InChI=1S/C24H50.C2H6/c1-4-6-8-10-12-14-16-18-20-22-24(3)23-21-19-17-15-13-11-9-7-5-2;1-2/h24H,4-23H2,1-3H3;1-2H3. The predicted octanol–water partition coefficient (Wildman–Crippen LogP) is 10.5. The molecule has 0 spiro atoms. The molecule has 26 heavy (non-hydrogen) atoms. The van der Waals surface area contributed by atoms with Gasteiger partial charge in [-0.3, -0.25) is 0 Å². The molecule has 0 aromatic rings. The van der Waals surface area contributed by atoms with E-state index in [1.165, 1.54) is 128 Å². The summed E-state index contributed by atoms with van der Waals surface area (Å²) in [6.45, 7) is 11.1. The first-order chi connectivity index (χ1) is 12.8. The Morgan fingerprint density at radius 1 is 0.385 bits per heavy atom. The largest absolute Gasteiger partial charge is 0.0683 e. The molecule has 0 N–H and O–H groups in total. The summed E-state index contributed by atoms with van der Waals surface area (Å²) in [6, 6.07) is 0. The van der Waals surface area contributed by atoms with Crippen molar-refractivity contribution in [1.82, 2.24) is 0 Å². The molecule has 0 aliphatic carbocycles. The number of rotatable bonds is 20. The summed E-state index contributed by atoms with van der Waals surface area (Å²) in [5.41, 5.74) is 0. The zero-order valence-corrected chi connectivity index (χ0v) is 19.7. The third-order valence-electron chi connectivity index (χ3n) is 5.60. The maximum absolute atomic E-state index is 2.48. The van der Waals surface area contributed by atoms with Crippen LogP contribution in [0, 0.1) is 5.92 Å². The summed E-state index contributed by atoms with van der Waals surface area (Å²) < 4.78 is 0. The molecule has 0 aromatic carbocycles. The first kappa shape index (κ1) is 28.2. The second-order valence-corrected chi connectivity index (χ2v) is 8.34. The lowest BCUT2D eigenvalue weighted by Crippen LogP contribution is -1.95. The van der Waals surface area contributed by atoms with Crippen LogP contribution >= 0.6 is 0 Å². The smallest absolute Gasteiger partial charge is 0.0443 e. The minimum Gasteiger partial charge on any atom is -0.0683 e. The van der Waals surface area contributed by atoms with E-state index in [-0.39, 0.29) is 0 Å². The van der Waals surface area contributed by atoms with E-state index >= 15 is 0 Å². The van der Waals surface area contributed by atoms with Gasteiger partial charge in [-0.25, -0.2) is 0 Å². The Bertz CT molecular complexity index is 186. The van der Waals surface area contributed by atoms with Gasteiger partial charge < -0.3 is 0 Å². The molecule has 0 aliphatic heterocycles. The van der Waals surface area contributed by atoms with Crippen LogP contribution in [-0.2, 0) is 0 Å². The fourth-order valence-electron chi connectivity index (χ4n) is 3.75. The molecule has 0 saturated carbocycles. The molecule has 0 unspecified atom stereocenters. The van der Waals surface area contributed by atoms with Crippen LogP contribution in [0.3, 0.4) is 0 Å². The lowest BCUT2D eigenvalue weighted by Gasteiger charge is -2.11. The lowest BCUT2D eigenvalue weighted by molar-refractivity contribution is 0.430. The average molecular weight is 369 g/mol. The van der Waals surface area contributed by atoms with Crippen molar-refractivity contribution in [2.75, 3.05) is 0 Å². The molecule has 160 valence electrons. The highest BCUT2D eigenvalue weighted by Crippen LogP contribution is 2.19. The molecule has 0 rings (SSSR count). The van der Waals surface area contributed by atoms with E-state index in [1.54, 1.807) is 0 Å². The highest BCUT2D eigenvalue weighted by Gasteiger charge is 2.02. The monoisotopic (exact) mass is 368 g/mol. The van der Waals surface area contributed by atoms with Crippen LogP contribution < -0.4 is 0 Å². The van der Waals surface area contributed by atoms with Crippen LogP contribution in [-0.4, -0.2) is 0 Å². The third-order valence-corrected chi connectivity index (χ3v) is 5.60. The Balaban J connectivity index is 0. The summed E-state index contributed by atoms with van der Waals surface area (Å²) in [6.07, 6.45) is 29.3. The number of hydrogen-bond acceptors (Lipinski definition) is 0. The summed E-state index contributed by atoms with van der Waals surface area (Å²) in [7, 11) is 0. The Kier molecular flexibility index (Phi) is 29.5. The maximum atomic E-state index is 2.48. The maximum Gasteiger partial charge on any atom is -0.0443 e. The fraction of sp³-hybridized carbons (Fsp3) is 1.00. The average Bonchev–Trinajstić information content (AvgIpc) is 2.67. The first-order valence-corrected chi connectivity index (χ1v) is 12.8. The molecule has 0 aromatic heterocycles. The normalized spacial score (nSPS) is 10.8. The fourth-order valence-corrected chi connectivity index (χ4v) is 3.75. The van der Waals surface area contributed by atoms with Crippen molar-refractivity contribution in [1.29, 1.82) is 0 Å². The number of hydrogen-bond donors (Lipinski definition) is 0. The molecule has 0 aliphatic rings. The van der Waals surface area contributed by atoms with E-state index in [9.17, 15) is 0 Å². The van der Waals surface area contributed by atoms with Gasteiger partial charge in [0.1, 0.15) is 0 Å². The van der Waals surface area contributed by atoms with Crippen molar-refractivity contribution in [3.8, 4) is 0 Å². The van der Waals surface area contributed by atoms with Gasteiger partial charge in [-0.15, -0.1) is 0 Å². The van der Waals surface area contributed by atoms with Crippen LogP contribution in [0.4, 0.5) is 0 Å². The second-order valence-electron chi connectivity index (χ2n) is 8.34. The summed E-state index contributed by atoms with van der Waals surface area (Å²) in [5.74, 6) is 0.971. The van der Waals surface area contributed by atoms with Gasteiger partial charge in [0.05, 0.1) is 0 Å². The Hall–Kier alpha value is 0. The summed E-state index contributed by atoms with van der Waals surface area (Å²) in [4.78, 5) is 0. The minimum absolute atomic E-state index is 0.971. The molecule has 0 bridgehead atoms. The number of unbranched alkanes of at least 4 members (excludes halogenated alkanes) is 16. The van der Waals surface area contributed by atoms with Crippen molar-refractivity contribution >= 4 is 0 Å². The molecule has 0 radical (unpaired) electrons.